The van der Waals surface area contributed by atoms with Crippen molar-refractivity contribution in [2.24, 2.45) is 7.05 Å². The molecule has 0 unspecified atom stereocenters. The monoisotopic (exact) mass is 214 g/mol. The summed E-state index contributed by atoms with van der Waals surface area (Å²) in [4.78, 5) is 0. The van der Waals surface area contributed by atoms with Gasteiger partial charge in [-0.15, -0.1) is 0 Å². The van der Waals surface area contributed by atoms with Crippen LogP contribution in [0, 0.1) is 0 Å². The summed E-state index contributed by atoms with van der Waals surface area (Å²) in [6.45, 7) is 1.49. The van der Waals surface area contributed by atoms with Crippen molar-refractivity contribution in [1.29, 1.82) is 0 Å². The molecular formula is C13H14N2O. The molecule has 0 bridgehead atoms. The molecule has 1 aliphatic rings. The molecule has 1 aromatic carbocycles. The van der Waals surface area contributed by atoms with Crippen molar-refractivity contribution >= 4 is 0 Å². The minimum absolute atomic E-state index is 0.688. The SMILES string of the molecule is Cn1nc(-c2ccccc2)c2c1CCOC2. The third-order valence-corrected chi connectivity index (χ3v) is 3.05. The molecule has 82 valence electrons. The van der Waals surface area contributed by atoms with Crippen molar-refractivity contribution in [1.82, 2.24) is 9.78 Å². The molecule has 16 heavy (non-hydrogen) atoms. The Hall–Kier alpha value is -1.61. The van der Waals surface area contributed by atoms with Crippen LogP contribution in [0.25, 0.3) is 11.3 Å². The van der Waals surface area contributed by atoms with Crippen LogP contribution in [0.2, 0.25) is 0 Å². The van der Waals surface area contributed by atoms with Gasteiger partial charge in [-0.2, -0.15) is 5.10 Å². The van der Waals surface area contributed by atoms with Gasteiger partial charge < -0.3 is 4.74 Å². The summed E-state index contributed by atoms with van der Waals surface area (Å²) < 4.78 is 7.50. The van der Waals surface area contributed by atoms with Crippen LogP contribution in [0.15, 0.2) is 30.3 Å². The predicted molar refractivity (Wildman–Crippen MR) is 62.0 cm³/mol. The first-order chi connectivity index (χ1) is 7.86. The van der Waals surface area contributed by atoms with E-state index in [0.29, 0.717) is 6.61 Å². The zero-order chi connectivity index (χ0) is 11.0. The molecule has 0 aliphatic carbocycles. The third-order valence-electron chi connectivity index (χ3n) is 3.05. The summed E-state index contributed by atoms with van der Waals surface area (Å²) in [5.41, 5.74) is 4.80. The maximum absolute atomic E-state index is 5.52. The summed E-state index contributed by atoms with van der Waals surface area (Å²) in [7, 11) is 2.01. The van der Waals surface area contributed by atoms with Crippen LogP contribution in [-0.2, 0) is 24.8 Å². The summed E-state index contributed by atoms with van der Waals surface area (Å²) in [6, 6.07) is 10.3. The number of rotatable bonds is 1. The Kier molecular flexibility index (Phi) is 2.26. The fraction of sp³-hybridized carbons (Fsp3) is 0.308. The Morgan fingerprint density at radius 1 is 1.25 bits per heavy atom. The predicted octanol–water partition coefficient (Wildman–Crippen LogP) is 2.16. The molecule has 1 aliphatic heterocycles. The number of aryl methyl sites for hydroxylation is 1. The first-order valence-corrected chi connectivity index (χ1v) is 5.54. The van der Waals surface area contributed by atoms with E-state index >= 15 is 0 Å². The largest absolute Gasteiger partial charge is 0.376 e. The van der Waals surface area contributed by atoms with E-state index in [1.165, 1.54) is 16.8 Å². The van der Waals surface area contributed by atoms with E-state index in [0.717, 1.165) is 18.7 Å². The minimum Gasteiger partial charge on any atom is -0.376 e. The molecule has 0 fully saturated rings. The number of ether oxygens (including phenoxy) is 1. The van der Waals surface area contributed by atoms with Gasteiger partial charge in [-0.05, 0) is 0 Å². The van der Waals surface area contributed by atoms with E-state index < -0.39 is 0 Å². The molecule has 3 heteroatoms. The van der Waals surface area contributed by atoms with Crippen LogP contribution in [-0.4, -0.2) is 16.4 Å². The topological polar surface area (TPSA) is 27.1 Å². The summed E-state index contributed by atoms with van der Waals surface area (Å²) >= 11 is 0. The van der Waals surface area contributed by atoms with Crippen molar-refractivity contribution in [3.05, 3.63) is 41.6 Å². The van der Waals surface area contributed by atoms with Crippen LogP contribution in [0.3, 0.4) is 0 Å². The van der Waals surface area contributed by atoms with E-state index in [4.69, 9.17) is 4.74 Å². The Labute approximate surface area is 94.7 Å². The Morgan fingerprint density at radius 3 is 2.88 bits per heavy atom. The fourth-order valence-corrected chi connectivity index (χ4v) is 2.24. The van der Waals surface area contributed by atoms with Crippen molar-refractivity contribution in [2.75, 3.05) is 6.61 Å². The maximum Gasteiger partial charge on any atom is 0.0981 e. The lowest BCUT2D eigenvalue weighted by atomic mass is 10.0. The highest BCUT2D eigenvalue weighted by atomic mass is 16.5. The highest BCUT2D eigenvalue weighted by Gasteiger charge is 2.20. The van der Waals surface area contributed by atoms with Crippen LogP contribution in [0.4, 0.5) is 0 Å². The van der Waals surface area contributed by atoms with E-state index in [-0.39, 0.29) is 0 Å². The zero-order valence-corrected chi connectivity index (χ0v) is 9.31. The molecule has 1 aromatic heterocycles. The van der Waals surface area contributed by atoms with Crippen LogP contribution >= 0.6 is 0 Å². The van der Waals surface area contributed by atoms with Gasteiger partial charge in [0.15, 0.2) is 0 Å². The number of hydrogen-bond acceptors (Lipinski definition) is 2. The standard InChI is InChI=1S/C13H14N2O/c1-15-12-7-8-16-9-11(12)13(14-15)10-5-3-2-4-6-10/h2-6H,7-9H2,1H3. The quantitative estimate of drug-likeness (QED) is 0.727. The number of fused-ring (bicyclic) bond motifs is 1. The van der Waals surface area contributed by atoms with Crippen LogP contribution < -0.4 is 0 Å². The summed E-state index contributed by atoms with van der Waals surface area (Å²) in [6.07, 6.45) is 0.964. The van der Waals surface area contributed by atoms with E-state index in [9.17, 15) is 0 Å². The summed E-state index contributed by atoms with van der Waals surface area (Å²) in [5, 5.41) is 4.60. The molecule has 0 atom stereocenters. The first kappa shape index (κ1) is 9.60. The Morgan fingerprint density at radius 2 is 2.06 bits per heavy atom. The van der Waals surface area contributed by atoms with Crippen molar-refractivity contribution in [3.8, 4) is 11.3 Å². The molecule has 0 N–H and O–H groups in total. The van der Waals surface area contributed by atoms with Gasteiger partial charge >= 0.3 is 0 Å². The van der Waals surface area contributed by atoms with Gasteiger partial charge in [-0.1, -0.05) is 30.3 Å². The number of aromatic nitrogens is 2. The van der Waals surface area contributed by atoms with Gasteiger partial charge in [-0.25, -0.2) is 0 Å². The molecule has 0 saturated carbocycles. The Bertz CT molecular complexity index is 502. The molecule has 0 saturated heterocycles. The van der Waals surface area contributed by atoms with Gasteiger partial charge in [-0.3, -0.25) is 4.68 Å². The second-order valence-electron chi connectivity index (χ2n) is 4.07. The average Bonchev–Trinajstić information content (AvgIpc) is 2.69. The van der Waals surface area contributed by atoms with Crippen molar-refractivity contribution in [3.63, 3.8) is 0 Å². The highest BCUT2D eigenvalue weighted by molar-refractivity contribution is 5.64. The maximum atomic E-state index is 5.52. The van der Waals surface area contributed by atoms with Crippen LogP contribution in [0.5, 0.6) is 0 Å². The normalized spacial score (nSPS) is 14.8. The van der Waals surface area contributed by atoms with E-state index in [1.54, 1.807) is 0 Å². The third kappa shape index (κ3) is 1.44. The number of benzene rings is 1. The second-order valence-corrected chi connectivity index (χ2v) is 4.07. The van der Waals surface area contributed by atoms with Gasteiger partial charge in [0.2, 0.25) is 0 Å². The van der Waals surface area contributed by atoms with Crippen molar-refractivity contribution < 1.29 is 4.74 Å². The van der Waals surface area contributed by atoms with Crippen molar-refractivity contribution in [2.45, 2.75) is 13.0 Å². The van der Waals surface area contributed by atoms with Gasteiger partial charge in [0.25, 0.3) is 0 Å². The van der Waals surface area contributed by atoms with Gasteiger partial charge in [0.05, 0.1) is 18.9 Å². The fourth-order valence-electron chi connectivity index (χ4n) is 2.24. The summed E-state index contributed by atoms with van der Waals surface area (Å²) in [5.74, 6) is 0. The molecule has 2 aromatic rings. The average molecular weight is 214 g/mol. The smallest absolute Gasteiger partial charge is 0.0981 e. The molecular weight excluding hydrogens is 200 g/mol. The molecule has 3 rings (SSSR count). The molecule has 0 radical (unpaired) electrons. The molecule has 0 spiro atoms. The van der Waals surface area contributed by atoms with Gasteiger partial charge in [0, 0.05) is 30.3 Å². The minimum atomic E-state index is 0.688. The number of hydrogen-bond donors (Lipinski definition) is 0. The lowest BCUT2D eigenvalue weighted by Gasteiger charge is -2.13. The van der Waals surface area contributed by atoms with Crippen LogP contribution in [0.1, 0.15) is 11.3 Å². The lowest BCUT2D eigenvalue weighted by molar-refractivity contribution is 0.109. The van der Waals surface area contributed by atoms with Gasteiger partial charge in [0.1, 0.15) is 0 Å². The number of nitrogens with zero attached hydrogens (tertiary/aromatic N) is 2. The highest BCUT2D eigenvalue weighted by Crippen LogP contribution is 2.28. The first-order valence-electron chi connectivity index (χ1n) is 5.54. The van der Waals surface area contributed by atoms with E-state index in [2.05, 4.69) is 17.2 Å². The zero-order valence-electron chi connectivity index (χ0n) is 9.31. The second kappa shape index (κ2) is 3.76. The molecule has 3 nitrogen and oxygen atoms in total. The molecule has 2 heterocycles. The van der Waals surface area contributed by atoms with E-state index in [1.807, 2.05) is 29.9 Å². The molecule has 0 amide bonds. The lowest BCUT2D eigenvalue weighted by Crippen LogP contribution is -2.11. The Balaban J connectivity index is 2.15.